The standard InChI is InChI=1S/C17H13BrN4O3/c1-25-13-9-5-4-8-12(13)21-16(23)14-15(17(21)24)22(20-19-14)11-7-3-2-6-10(11)18/h2-9,14-15H,1H3/t14-,15+/m1/s1. The number of ether oxygens (including phenoxy) is 1. The number of nitrogens with zero attached hydrogens (tertiary/aromatic N) is 4. The minimum Gasteiger partial charge on any atom is -0.495 e. The van der Waals surface area contributed by atoms with E-state index in [-0.39, 0.29) is 5.91 Å². The van der Waals surface area contributed by atoms with Crippen LogP contribution in [0.1, 0.15) is 0 Å². The van der Waals surface area contributed by atoms with Crippen molar-refractivity contribution < 1.29 is 14.3 Å². The van der Waals surface area contributed by atoms with Crippen LogP contribution >= 0.6 is 15.9 Å². The van der Waals surface area contributed by atoms with Crippen molar-refractivity contribution in [2.24, 2.45) is 10.3 Å². The molecule has 0 unspecified atom stereocenters. The van der Waals surface area contributed by atoms with E-state index in [1.165, 1.54) is 12.1 Å². The van der Waals surface area contributed by atoms with E-state index in [0.717, 1.165) is 9.37 Å². The summed E-state index contributed by atoms with van der Waals surface area (Å²) < 4.78 is 6.05. The Morgan fingerprint density at radius 3 is 2.40 bits per heavy atom. The number of anilines is 2. The van der Waals surface area contributed by atoms with Crippen molar-refractivity contribution in [2.45, 2.75) is 12.1 Å². The van der Waals surface area contributed by atoms with Crippen molar-refractivity contribution in [1.82, 2.24) is 0 Å². The van der Waals surface area contributed by atoms with E-state index in [2.05, 4.69) is 26.3 Å². The molecule has 8 heteroatoms. The van der Waals surface area contributed by atoms with Gasteiger partial charge in [-0.25, -0.2) is 9.91 Å². The van der Waals surface area contributed by atoms with Crippen molar-refractivity contribution >= 4 is 39.1 Å². The number of para-hydroxylation sites is 3. The molecule has 2 aliphatic heterocycles. The van der Waals surface area contributed by atoms with Crippen LogP contribution < -0.4 is 14.6 Å². The van der Waals surface area contributed by atoms with E-state index in [1.807, 2.05) is 24.3 Å². The Labute approximate surface area is 152 Å². The lowest BCUT2D eigenvalue weighted by Crippen LogP contribution is -2.40. The highest BCUT2D eigenvalue weighted by molar-refractivity contribution is 9.10. The second-order valence-corrected chi connectivity index (χ2v) is 6.43. The number of carbonyl (C=O) groups is 2. The molecule has 0 saturated carbocycles. The van der Waals surface area contributed by atoms with E-state index in [4.69, 9.17) is 4.74 Å². The molecule has 2 atom stereocenters. The summed E-state index contributed by atoms with van der Waals surface area (Å²) in [5.74, 6) is -0.327. The fraction of sp³-hybridized carbons (Fsp3) is 0.176. The molecular formula is C17H13BrN4O3. The molecule has 7 nitrogen and oxygen atoms in total. The fourth-order valence-electron chi connectivity index (χ4n) is 3.05. The van der Waals surface area contributed by atoms with Crippen LogP contribution in [-0.4, -0.2) is 31.0 Å². The van der Waals surface area contributed by atoms with Crippen LogP contribution in [0.15, 0.2) is 63.3 Å². The van der Waals surface area contributed by atoms with Crippen molar-refractivity contribution in [3.05, 3.63) is 53.0 Å². The normalized spacial score (nSPS) is 21.8. The number of rotatable bonds is 3. The van der Waals surface area contributed by atoms with Gasteiger partial charge in [-0.1, -0.05) is 29.5 Å². The highest BCUT2D eigenvalue weighted by Crippen LogP contribution is 2.39. The molecule has 0 aromatic heterocycles. The number of carbonyl (C=O) groups excluding carboxylic acids is 2. The molecule has 1 fully saturated rings. The third-order valence-corrected chi connectivity index (χ3v) is 4.88. The quantitative estimate of drug-likeness (QED) is 0.742. The molecule has 2 heterocycles. The number of fused-ring (bicyclic) bond motifs is 1. The van der Waals surface area contributed by atoms with E-state index < -0.39 is 18.0 Å². The lowest BCUT2D eigenvalue weighted by atomic mass is 10.1. The Bertz CT molecular complexity index is 901. The number of hydrogen-bond donors (Lipinski definition) is 0. The Morgan fingerprint density at radius 1 is 1.00 bits per heavy atom. The molecule has 2 amide bonds. The number of imide groups is 1. The van der Waals surface area contributed by atoms with Crippen LogP contribution in [0.3, 0.4) is 0 Å². The average Bonchev–Trinajstić information content (AvgIpc) is 3.16. The third kappa shape index (κ3) is 2.32. The Balaban J connectivity index is 1.75. The predicted molar refractivity (Wildman–Crippen MR) is 94.5 cm³/mol. The molecule has 4 rings (SSSR count). The second-order valence-electron chi connectivity index (χ2n) is 5.57. The first-order chi connectivity index (χ1) is 12.1. The minimum atomic E-state index is -0.857. The van der Waals surface area contributed by atoms with Gasteiger partial charge in [-0.05, 0) is 40.2 Å². The first kappa shape index (κ1) is 15.8. The smallest absolute Gasteiger partial charge is 0.263 e. The molecule has 126 valence electrons. The van der Waals surface area contributed by atoms with Gasteiger partial charge in [0.05, 0.1) is 18.5 Å². The molecule has 0 radical (unpaired) electrons. The topological polar surface area (TPSA) is 74.6 Å². The largest absolute Gasteiger partial charge is 0.495 e. The zero-order valence-corrected chi connectivity index (χ0v) is 14.8. The fourth-order valence-corrected chi connectivity index (χ4v) is 3.51. The van der Waals surface area contributed by atoms with Crippen LogP contribution in [0.4, 0.5) is 11.4 Å². The molecule has 25 heavy (non-hydrogen) atoms. The lowest BCUT2D eigenvalue weighted by molar-refractivity contribution is -0.121. The monoisotopic (exact) mass is 400 g/mol. The van der Waals surface area contributed by atoms with Gasteiger partial charge in [0.15, 0.2) is 12.1 Å². The van der Waals surface area contributed by atoms with Gasteiger partial charge >= 0.3 is 0 Å². The number of hydrogen-bond acceptors (Lipinski definition) is 6. The maximum Gasteiger partial charge on any atom is 0.263 e. The second kappa shape index (κ2) is 5.96. The summed E-state index contributed by atoms with van der Waals surface area (Å²) >= 11 is 3.45. The van der Waals surface area contributed by atoms with Crippen LogP contribution in [0.5, 0.6) is 5.75 Å². The highest BCUT2D eigenvalue weighted by Gasteiger charge is 2.55. The van der Waals surface area contributed by atoms with Gasteiger partial charge in [-0.2, -0.15) is 5.11 Å². The Hall–Kier alpha value is -2.74. The van der Waals surface area contributed by atoms with Gasteiger partial charge in [-0.3, -0.25) is 9.59 Å². The van der Waals surface area contributed by atoms with Gasteiger partial charge in [0.2, 0.25) is 0 Å². The van der Waals surface area contributed by atoms with E-state index in [1.54, 1.807) is 24.3 Å². The Kier molecular flexibility index (Phi) is 3.76. The molecule has 0 aliphatic carbocycles. The molecule has 0 N–H and O–H groups in total. The van der Waals surface area contributed by atoms with Gasteiger partial charge in [0.25, 0.3) is 11.8 Å². The molecule has 0 bridgehead atoms. The number of halogens is 1. The van der Waals surface area contributed by atoms with Crippen LogP contribution in [0.25, 0.3) is 0 Å². The van der Waals surface area contributed by atoms with Crippen molar-refractivity contribution in [3.8, 4) is 5.75 Å². The molecule has 2 aromatic carbocycles. The van der Waals surface area contributed by atoms with Crippen LogP contribution in [0.2, 0.25) is 0 Å². The third-order valence-electron chi connectivity index (χ3n) is 4.21. The maximum absolute atomic E-state index is 13.0. The SMILES string of the molecule is COc1ccccc1N1C(=O)[C@@H]2[C@@H](N=NN2c2ccccc2Br)C1=O. The van der Waals surface area contributed by atoms with Gasteiger partial charge < -0.3 is 4.74 Å². The summed E-state index contributed by atoms with van der Waals surface area (Å²) in [6, 6.07) is 12.6. The molecule has 1 saturated heterocycles. The summed E-state index contributed by atoms with van der Waals surface area (Å²) in [6.07, 6.45) is 0. The lowest BCUT2D eigenvalue weighted by Gasteiger charge is -2.22. The molecular weight excluding hydrogens is 388 g/mol. The number of benzene rings is 2. The maximum atomic E-state index is 13.0. The summed E-state index contributed by atoms with van der Waals surface area (Å²) in [5.41, 5.74) is 1.10. The first-order valence-electron chi connectivity index (χ1n) is 7.59. The van der Waals surface area contributed by atoms with Gasteiger partial charge in [-0.15, -0.1) is 0 Å². The van der Waals surface area contributed by atoms with Crippen molar-refractivity contribution in [1.29, 1.82) is 0 Å². The first-order valence-corrected chi connectivity index (χ1v) is 8.38. The van der Waals surface area contributed by atoms with Gasteiger partial charge in [0, 0.05) is 4.47 Å². The van der Waals surface area contributed by atoms with Crippen LogP contribution in [0, 0.1) is 0 Å². The highest BCUT2D eigenvalue weighted by atomic mass is 79.9. The zero-order valence-electron chi connectivity index (χ0n) is 13.2. The molecule has 0 spiro atoms. The summed E-state index contributed by atoms with van der Waals surface area (Å²) in [6.45, 7) is 0. The summed E-state index contributed by atoms with van der Waals surface area (Å²) in [7, 11) is 1.50. The van der Waals surface area contributed by atoms with E-state index in [9.17, 15) is 9.59 Å². The predicted octanol–water partition coefficient (Wildman–Crippen LogP) is 2.96. The van der Waals surface area contributed by atoms with Crippen LogP contribution in [-0.2, 0) is 9.59 Å². The number of methoxy groups -OCH3 is 1. The van der Waals surface area contributed by atoms with Crippen molar-refractivity contribution in [3.63, 3.8) is 0 Å². The summed E-state index contributed by atoms with van der Waals surface area (Å²) in [4.78, 5) is 27.0. The van der Waals surface area contributed by atoms with E-state index in [0.29, 0.717) is 17.1 Å². The average molecular weight is 401 g/mol. The molecule has 2 aliphatic rings. The van der Waals surface area contributed by atoms with Crippen molar-refractivity contribution in [2.75, 3.05) is 17.0 Å². The zero-order chi connectivity index (χ0) is 17.6. The van der Waals surface area contributed by atoms with Gasteiger partial charge in [0.1, 0.15) is 5.75 Å². The minimum absolute atomic E-state index is 0.375. The van der Waals surface area contributed by atoms with E-state index >= 15 is 0 Å². The molecule has 2 aromatic rings. The number of amides is 2. The Morgan fingerprint density at radius 2 is 1.68 bits per heavy atom. The summed E-state index contributed by atoms with van der Waals surface area (Å²) in [5, 5.41) is 9.58.